The standard InChI is InChI=1S/C10H19NO3/c12-6-5-11-7-8-3-1-2-4-9(8)10(13)14/h8-9,11-12H,1-7H2,(H,13,14). The van der Waals surface area contributed by atoms with Crippen molar-refractivity contribution in [3.63, 3.8) is 0 Å². The number of carboxylic acid groups (broad SMARTS) is 1. The smallest absolute Gasteiger partial charge is 0.306 e. The average Bonchev–Trinajstić information content (AvgIpc) is 2.19. The van der Waals surface area contributed by atoms with Gasteiger partial charge in [0.2, 0.25) is 0 Å². The van der Waals surface area contributed by atoms with Crippen molar-refractivity contribution in [3.05, 3.63) is 0 Å². The zero-order chi connectivity index (χ0) is 10.4. The molecule has 0 heterocycles. The summed E-state index contributed by atoms with van der Waals surface area (Å²) in [6, 6.07) is 0. The largest absolute Gasteiger partial charge is 0.481 e. The van der Waals surface area contributed by atoms with Gasteiger partial charge in [0.1, 0.15) is 0 Å². The zero-order valence-electron chi connectivity index (χ0n) is 8.41. The molecule has 0 aromatic rings. The van der Waals surface area contributed by atoms with E-state index < -0.39 is 5.97 Å². The number of aliphatic carboxylic acids is 1. The van der Waals surface area contributed by atoms with Gasteiger partial charge in [-0.05, 0) is 25.3 Å². The molecule has 0 radical (unpaired) electrons. The molecule has 4 nitrogen and oxygen atoms in total. The summed E-state index contributed by atoms with van der Waals surface area (Å²) in [6.07, 6.45) is 3.97. The first-order valence-electron chi connectivity index (χ1n) is 5.30. The molecule has 0 amide bonds. The second-order valence-electron chi connectivity index (χ2n) is 3.92. The average molecular weight is 201 g/mol. The van der Waals surface area contributed by atoms with Crippen LogP contribution in [0.1, 0.15) is 25.7 Å². The first-order chi connectivity index (χ1) is 6.75. The minimum Gasteiger partial charge on any atom is -0.481 e. The predicted octanol–water partition coefficient (Wildman–Crippen LogP) is 0.459. The van der Waals surface area contributed by atoms with Crippen molar-refractivity contribution in [2.75, 3.05) is 19.7 Å². The van der Waals surface area contributed by atoms with Crippen LogP contribution in [-0.2, 0) is 4.79 Å². The van der Waals surface area contributed by atoms with Gasteiger partial charge in [0.05, 0.1) is 12.5 Å². The molecule has 3 N–H and O–H groups in total. The third-order valence-corrected chi connectivity index (χ3v) is 2.92. The van der Waals surface area contributed by atoms with Crippen molar-refractivity contribution in [3.8, 4) is 0 Å². The molecule has 82 valence electrons. The van der Waals surface area contributed by atoms with Crippen molar-refractivity contribution in [1.82, 2.24) is 5.32 Å². The zero-order valence-corrected chi connectivity index (χ0v) is 8.41. The topological polar surface area (TPSA) is 69.6 Å². The van der Waals surface area contributed by atoms with E-state index in [-0.39, 0.29) is 18.4 Å². The second-order valence-corrected chi connectivity index (χ2v) is 3.92. The van der Waals surface area contributed by atoms with Crippen LogP contribution in [0.5, 0.6) is 0 Å². The SMILES string of the molecule is O=C(O)C1CCCCC1CNCCO. The molecular weight excluding hydrogens is 182 g/mol. The fraction of sp³-hybridized carbons (Fsp3) is 0.900. The van der Waals surface area contributed by atoms with E-state index in [9.17, 15) is 4.79 Å². The highest BCUT2D eigenvalue weighted by atomic mass is 16.4. The molecule has 1 aliphatic rings. The van der Waals surface area contributed by atoms with Crippen LogP contribution in [0.3, 0.4) is 0 Å². The maximum Gasteiger partial charge on any atom is 0.306 e. The van der Waals surface area contributed by atoms with Crippen LogP contribution in [0.2, 0.25) is 0 Å². The van der Waals surface area contributed by atoms with Gasteiger partial charge >= 0.3 is 5.97 Å². The third kappa shape index (κ3) is 3.27. The van der Waals surface area contributed by atoms with E-state index in [0.29, 0.717) is 6.54 Å². The molecule has 0 bridgehead atoms. The fourth-order valence-electron chi connectivity index (χ4n) is 2.14. The molecule has 1 aliphatic carbocycles. The second kappa shape index (κ2) is 5.98. The molecule has 1 saturated carbocycles. The van der Waals surface area contributed by atoms with E-state index in [1.165, 1.54) is 0 Å². The number of carboxylic acids is 1. The van der Waals surface area contributed by atoms with Crippen LogP contribution in [0.25, 0.3) is 0 Å². The quantitative estimate of drug-likeness (QED) is 0.565. The van der Waals surface area contributed by atoms with Gasteiger partial charge < -0.3 is 15.5 Å². The number of carbonyl (C=O) groups is 1. The molecule has 0 aliphatic heterocycles. The minimum absolute atomic E-state index is 0.116. The van der Waals surface area contributed by atoms with Crippen LogP contribution in [0, 0.1) is 11.8 Å². The maximum atomic E-state index is 10.9. The van der Waals surface area contributed by atoms with Gasteiger partial charge in [0.25, 0.3) is 0 Å². The number of aliphatic hydroxyl groups excluding tert-OH is 1. The normalized spacial score (nSPS) is 27.5. The molecule has 14 heavy (non-hydrogen) atoms. The lowest BCUT2D eigenvalue weighted by Crippen LogP contribution is -2.35. The summed E-state index contributed by atoms with van der Waals surface area (Å²) < 4.78 is 0. The highest BCUT2D eigenvalue weighted by Gasteiger charge is 2.29. The van der Waals surface area contributed by atoms with Crippen LogP contribution in [0.15, 0.2) is 0 Å². The summed E-state index contributed by atoms with van der Waals surface area (Å²) in [7, 11) is 0. The number of nitrogens with one attached hydrogen (secondary N) is 1. The Morgan fingerprint density at radius 1 is 1.36 bits per heavy atom. The van der Waals surface area contributed by atoms with Crippen LogP contribution < -0.4 is 5.32 Å². The first kappa shape index (κ1) is 11.5. The van der Waals surface area contributed by atoms with E-state index in [1.54, 1.807) is 0 Å². The van der Waals surface area contributed by atoms with Crippen molar-refractivity contribution >= 4 is 5.97 Å². The molecule has 0 aromatic carbocycles. The van der Waals surface area contributed by atoms with Gasteiger partial charge in [0, 0.05) is 6.54 Å². The minimum atomic E-state index is -0.666. The molecule has 1 rings (SSSR count). The van der Waals surface area contributed by atoms with Crippen molar-refractivity contribution < 1.29 is 15.0 Å². The summed E-state index contributed by atoms with van der Waals surface area (Å²) in [5, 5.41) is 20.7. The van der Waals surface area contributed by atoms with E-state index >= 15 is 0 Å². The lowest BCUT2D eigenvalue weighted by atomic mass is 9.79. The Labute approximate surface area is 84.3 Å². The summed E-state index contributed by atoms with van der Waals surface area (Å²) in [5.74, 6) is -0.608. The molecule has 1 fully saturated rings. The van der Waals surface area contributed by atoms with Gasteiger partial charge in [-0.25, -0.2) is 0 Å². The Morgan fingerprint density at radius 2 is 2.07 bits per heavy atom. The molecule has 4 heteroatoms. The lowest BCUT2D eigenvalue weighted by molar-refractivity contribution is -0.144. The summed E-state index contributed by atoms with van der Waals surface area (Å²) in [4.78, 5) is 10.9. The Kier molecular flexibility index (Phi) is 4.90. The Bertz CT molecular complexity index is 184. The molecule has 0 aromatic heterocycles. The van der Waals surface area contributed by atoms with E-state index in [0.717, 1.165) is 32.2 Å². The number of hydrogen-bond donors (Lipinski definition) is 3. The van der Waals surface area contributed by atoms with Gasteiger partial charge in [-0.15, -0.1) is 0 Å². The van der Waals surface area contributed by atoms with Crippen molar-refractivity contribution in [1.29, 1.82) is 0 Å². The Hall–Kier alpha value is -0.610. The van der Waals surface area contributed by atoms with Gasteiger partial charge in [-0.1, -0.05) is 12.8 Å². The Morgan fingerprint density at radius 3 is 2.71 bits per heavy atom. The van der Waals surface area contributed by atoms with Crippen molar-refractivity contribution in [2.24, 2.45) is 11.8 Å². The number of hydrogen-bond acceptors (Lipinski definition) is 3. The third-order valence-electron chi connectivity index (χ3n) is 2.92. The van der Waals surface area contributed by atoms with Gasteiger partial charge in [-0.2, -0.15) is 0 Å². The maximum absolute atomic E-state index is 10.9. The van der Waals surface area contributed by atoms with Gasteiger partial charge in [-0.3, -0.25) is 4.79 Å². The van der Waals surface area contributed by atoms with Crippen LogP contribution in [-0.4, -0.2) is 35.9 Å². The first-order valence-corrected chi connectivity index (χ1v) is 5.30. The predicted molar refractivity (Wildman–Crippen MR) is 53.0 cm³/mol. The summed E-state index contributed by atoms with van der Waals surface area (Å²) in [5.41, 5.74) is 0. The monoisotopic (exact) mass is 201 g/mol. The molecular formula is C10H19NO3. The van der Waals surface area contributed by atoms with E-state index in [2.05, 4.69) is 5.32 Å². The summed E-state index contributed by atoms with van der Waals surface area (Å²) >= 11 is 0. The molecule has 2 atom stereocenters. The highest BCUT2D eigenvalue weighted by molar-refractivity contribution is 5.70. The van der Waals surface area contributed by atoms with E-state index in [1.807, 2.05) is 0 Å². The number of rotatable bonds is 5. The van der Waals surface area contributed by atoms with E-state index in [4.69, 9.17) is 10.2 Å². The fourth-order valence-corrected chi connectivity index (χ4v) is 2.14. The number of aliphatic hydroxyl groups is 1. The lowest BCUT2D eigenvalue weighted by Gasteiger charge is -2.28. The molecule has 0 spiro atoms. The van der Waals surface area contributed by atoms with Crippen molar-refractivity contribution in [2.45, 2.75) is 25.7 Å². The highest BCUT2D eigenvalue weighted by Crippen LogP contribution is 2.29. The molecule has 0 saturated heterocycles. The summed E-state index contributed by atoms with van der Waals surface area (Å²) in [6.45, 7) is 1.39. The Balaban J connectivity index is 2.34. The van der Waals surface area contributed by atoms with Gasteiger partial charge in [0.15, 0.2) is 0 Å². The van der Waals surface area contributed by atoms with Crippen LogP contribution in [0.4, 0.5) is 0 Å². The van der Waals surface area contributed by atoms with Crippen LogP contribution >= 0.6 is 0 Å². The molecule has 2 unspecified atom stereocenters.